The van der Waals surface area contributed by atoms with Gasteiger partial charge in [0.05, 0.1) is 17.9 Å². The van der Waals surface area contributed by atoms with E-state index in [4.69, 9.17) is 0 Å². The number of urea groups is 1. The Morgan fingerprint density at radius 2 is 2.04 bits per heavy atom. The Morgan fingerprint density at radius 1 is 1.29 bits per heavy atom. The first-order valence-electron chi connectivity index (χ1n) is 7.58. The van der Waals surface area contributed by atoms with Crippen LogP contribution in [0.1, 0.15) is 17.0 Å². The van der Waals surface area contributed by atoms with Gasteiger partial charge in [0.15, 0.2) is 5.13 Å². The Bertz CT molecular complexity index is 826. The van der Waals surface area contributed by atoms with Crippen molar-refractivity contribution in [3.05, 3.63) is 58.9 Å². The molecule has 0 saturated carbocycles. The van der Waals surface area contributed by atoms with Gasteiger partial charge in [0.25, 0.3) is 0 Å². The molecule has 0 aliphatic heterocycles. The molecule has 1 N–H and O–H groups in total. The summed E-state index contributed by atoms with van der Waals surface area (Å²) in [5, 5.41) is 9.83. The molecular weight excluding hydrogens is 322 g/mol. The number of nitrogens with zero attached hydrogens (tertiary/aromatic N) is 4. The van der Waals surface area contributed by atoms with Gasteiger partial charge in [0.1, 0.15) is 0 Å². The summed E-state index contributed by atoms with van der Waals surface area (Å²) in [5.41, 5.74) is 4.02. The molecule has 3 rings (SSSR count). The Balaban J connectivity index is 1.78. The van der Waals surface area contributed by atoms with E-state index in [1.165, 1.54) is 11.3 Å². The van der Waals surface area contributed by atoms with Crippen molar-refractivity contribution in [1.82, 2.24) is 19.7 Å². The average molecular weight is 341 g/mol. The van der Waals surface area contributed by atoms with Crippen molar-refractivity contribution in [2.24, 2.45) is 0 Å². The second kappa shape index (κ2) is 6.84. The molecule has 7 heteroatoms. The molecule has 124 valence electrons. The minimum Gasteiger partial charge on any atom is -0.323 e. The summed E-state index contributed by atoms with van der Waals surface area (Å²) in [6.45, 7) is 4.48. The van der Waals surface area contributed by atoms with Gasteiger partial charge in [-0.1, -0.05) is 18.2 Å². The largest absolute Gasteiger partial charge is 0.323 e. The van der Waals surface area contributed by atoms with Gasteiger partial charge in [-0.3, -0.25) is 5.32 Å². The van der Waals surface area contributed by atoms with Crippen LogP contribution in [0.15, 0.2) is 41.9 Å². The van der Waals surface area contributed by atoms with Gasteiger partial charge >= 0.3 is 6.03 Å². The number of amides is 2. The Kier molecular flexibility index (Phi) is 4.61. The minimum atomic E-state index is -0.184. The summed E-state index contributed by atoms with van der Waals surface area (Å²) >= 11 is 1.40. The van der Waals surface area contributed by atoms with E-state index in [0.717, 1.165) is 22.6 Å². The van der Waals surface area contributed by atoms with Crippen molar-refractivity contribution < 1.29 is 4.79 Å². The fraction of sp³-hybridized carbons (Fsp3) is 0.235. The summed E-state index contributed by atoms with van der Waals surface area (Å²) < 4.78 is 1.91. The quantitative estimate of drug-likeness (QED) is 0.788. The van der Waals surface area contributed by atoms with Crippen LogP contribution in [0.2, 0.25) is 0 Å². The number of nitrogens with one attached hydrogen (secondary N) is 1. The van der Waals surface area contributed by atoms with E-state index in [1.807, 2.05) is 54.2 Å². The smallest absolute Gasteiger partial charge is 0.323 e. The van der Waals surface area contributed by atoms with Crippen molar-refractivity contribution >= 4 is 22.5 Å². The normalized spacial score (nSPS) is 10.6. The predicted octanol–water partition coefficient (Wildman–Crippen LogP) is 3.61. The molecule has 0 bridgehead atoms. The number of hydrogen-bond acceptors (Lipinski definition) is 4. The number of rotatable bonds is 4. The van der Waals surface area contributed by atoms with Crippen molar-refractivity contribution in [3.8, 4) is 5.69 Å². The van der Waals surface area contributed by atoms with E-state index in [0.29, 0.717) is 11.7 Å². The van der Waals surface area contributed by atoms with Crippen molar-refractivity contribution in [3.63, 3.8) is 0 Å². The number of thiazole rings is 1. The maximum Gasteiger partial charge on any atom is 0.323 e. The number of anilines is 1. The van der Waals surface area contributed by atoms with Crippen molar-refractivity contribution in [2.75, 3.05) is 12.4 Å². The first-order valence-corrected chi connectivity index (χ1v) is 8.46. The molecule has 6 nitrogen and oxygen atoms in total. The van der Waals surface area contributed by atoms with Gasteiger partial charge in [-0.25, -0.2) is 14.5 Å². The van der Waals surface area contributed by atoms with Gasteiger partial charge in [-0.15, -0.1) is 11.3 Å². The summed E-state index contributed by atoms with van der Waals surface area (Å²) in [5.74, 6) is 0. The van der Waals surface area contributed by atoms with Crippen LogP contribution < -0.4 is 5.32 Å². The number of para-hydroxylation sites is 1. The zero-order valence-corrected chi connectivity index (χ0v) is 14.7. The van der Waals surface area contributed by atoms with Crippen LogP contribution in [0, 0.1) is 13.8 Å². The highest BCUT2D eigenvalue weighted by atomic mass is 32.1. The third-order valence-corrected chi connectivity index (χ3v) is 4.52. The molecular formula is C17H19N5OS. The van der Waals surface area contributed by atoms with E-state index in [2.05, 4.69) is 15.4 Å². The van der Waals surface area contributed by atoms with E-state index >= 15 is 0 Å². The molecule has 0 aliphatic carbocycles. The number of benzene rings is 1. The lowest BCUT2D eigenvalue weighted by molar-refractivity contribution is 0.220. The average Bonchev–Trinajstić information content (AvgIpc) is 3.19. The highest BCUT2D eigenvalue weighted by Crippen LogP contribution is 2.19. The Labute approximate surface area is 144 Å². The molecule has 24 heavy (non-hydrogen) atoms. The monoisotopic (exact) mass is 341 g/mol. The second-order valence-corrected chi connectivity index (χ2v) is 6.41. The maximum absolute atomic E-state index is 12.3. The van der Waals surface area contributed by atoms with Gasteiger partial charge < -0.3 is 4.90 Å². The van der Waals surface area contributed by atoms with Crippen LogP contribution in [0.4, 0.5) is 9.93 Å². The lowest BCUT2D eigenvalue weighted by atomic mass is 10.2. The molecule has 0 fully saturated rings. The molecule has 0 radical (unpaired) electrons. The number of aryl methyl sites for hydroxylation is 1. The van der Waals surface area contributed by atoms with Crippen LogP contribution in [0.3, 0.4) is 0 Å². The summed E-state index contributed by atoms with van der Waals surface area (Å²) in [6.07, 6.45) is 1.67. The molecule has 0 spiro atoms. The van der Waals surface area contributed by atoms with Crippen LogP contribution in [0.5, 0.6) is 0 Å². The maximum atomic E-state index is 12.3. The first-order chi connectivity index (χ1) is 11.6. The van der Waals surface area contributed by atoms with Crippen LogP contribution >= 0.6 is 11.3 Å². The van der Waals surface area contributed by atoms with Gasteiger partial charge in [0, 0.05) is 29.9 Å². The highest BCUT2D eigenvalue weighted by molar-refractivity contribution is 7.13. The summed E-state index contributed by atoms with van der Waals surface area (Å²) in [7, 11) is 1.77. The number of aromatic nitrogens is 3. The summed E-state index contributed by atoms with van der Waals surface area (Å²) in [6, 6.07) is 9.80. The van der Waals surface area contributed by atoms with Gasteiger partial charge in [-0.2, -0.15) is 5.10 Å². The molecule has 2 aromatic heterocycles. The first kappa shape index (κ1) is 16.2. The van der Waals surface area contributed by atoms with E-state index in [9.17, 15) is 4.79 Å². The van der Waals surface area contributed by atoms with E-state index < -0.39 is 0 Å². The van der Waals surface area contributed by atoms with Gasteiger partial charge in [0.2, 0.25) is 0 Å². The summed E-state index contributed by atoms with van der Waals surface area (Å²) in [4.78, 5) is 18.0. The molecule has 0 atom stereocenters. The number of carbonyl (C=O) groups excluding carboxylic acids is 1. The minimum absolute atomic E-state index is 0.184. The SMILES string of the molecule is Cc1nn(-c2ccccc2)c(C)c1CN(C)C(=O)Nc1nccs1. The number of hydrogen-bond donors (Lipinski definition) is 1. The molecule has 3 aromatic rings. The molecule has 0 aliphatic rings. The zero-order valence-electron chi connectivity index (χ0n) is 13.9. The van der Waals surface area contributed by atoms with Crippen molar-refractivity contribution in [2.45, 2.75) is 20.4 Å². The van der Waals surface area contributed by atoms with Gasteiger partial charge in [-0.05, 0) is 26.0 Å². The molecule has 2 heterocycles. The third-order valence-electron chi connectivity index (χ3n) is 3.83. The fourth-order valence-electron chi connectivity index (χ4n) is 2.51. The van der Waals surface area contributed by atoms with Crippen LogP contribution in [-0.4, -0.2) is 32.7 Å². The van der Waals surface area contributed by atoms with Crippen LogP contribution in [0.25, 0.3) is 5.69 Å². The molecule has 1 aromatic carbocycles. The Hall–Kier alpha value is -2.67. The van der Waals surface area contributed by atoms with Crippen molar-refractivity contribution in [1.29, 1.82) is 0 Å². The topological polar surface area (TPSA) is 63.1 Å². The molecule has 0 unspecified atom stereocenters. The lowest BCUT2D eigenvalue weighted by Gasteiger charge is -2.17. The molecule has 0 saturated heterocycles. The standard InChI is InChI=1S/C17H19N5OS/c1-12-15(11-21(3)17(23)19-16-18-9-10-24-16)13(2)22(20-12)14-7-5-4-6-8-14/h4-10H,11H2,1-3H3,(H,18,19,23). The third kappa shape index (κ3) is 3.30. The predicted molar refractivity (Wildman–Crippen MR) is 95.6 cm³/mol. The highest BCUT2D eigenvalue weighted by Gasteiger charge is 2.17. The fourth-order valence-corrected chi connectivity index (χ4v) is 3.02. The van der Waals surface area contributed by atoms with E-state index in [1.54, 1.807) is 18.1 Å². The van der Waals surface area contributed by atoms with Crippen LogP contribution in [-0.2, 0) is 6.54 Å². The lowest BCUT2D eigenvalue weighted by Crippen LogP contribution is -2.31. The Morgan fingerprint density at radius 3 is 2.71 bits per heavy atom. The number of carbonyl (C=O) groups is 1. The van der Waals surface area contributed by atoms with E-state index in [-0.39, 0.29) is 6.03 Å². The molecule has 2 amide bonds. The zero-order chi connectivity index (χ0) is 17.1. The second-order valence-electron chi connectivity index (χ2n) is 5.52.